The number of carbonyl (C=O) groups excluding carboxylic acids is 1. The Labute approximate surface area is 132 Å². The predicted molar refractivity (Wildman–Crippen MR) is 86.7 cm³/mol. The minimum Gasteiger partial charge on any atom is -0.348 e. The molecule has 1 unspecified atom stereocenters. The van der Waals surface area contributed by atoms with E-state index in [4.69, 9.17) is 0 Å². The van der Waals surface area contributed by atoms with Crippen molar-refractivity contribution in [2.75, 3.05) is 5.32 Å². The number of carbonyl (C=O) groups is 1. The highest BCUT2D eigenvalue weighted by atomic mass is 79.9. The van der Waals surface area contributed by atoms with Gasteiger partial charge in [0.15, 0.2) is 0 Å². The molecule has 110 valence electrons. The highest BCUT2D eigenvalue weighted by Gasteiger charge is 2.10. The van der Waals surface area contributed by atoms with Crippen molar-refractivity contribution in [2.24, 2.45) is 0 Å². The summed E-state index contributed by atoms with van der Waals surface area (Å²) < 4.78 is 1.01. The van der Waals surface area contributed by atoms with E-state index in [0.717, 1.165) is 16.6 Å². The predicted octanol–water partition coefficient (Wildman–Crippen LogP) is 3.51. The Hall–Kier alpha value is -1.95. The quantitative estimate of drug-likeness (QED) is 0.867. The first-order chi connectivity index (χ1) is 10.1. The lowest BCUT2D eigenvalue weighted by Crippen LogP contribution is -2.32. The van der Waals surface area contributed by atoms with Gasteiger partial charge in [0.25, 0.3) is 5.91 Å². The zero-order valence-electron chi connectivity index (χ0n) is 11.9. The van der Waals surface area contributed by atoms with E-state index in [9.17, 15) is 4.79 Å². The number of hydrogen-bond acceptors (Lipinski definition) is 4. The Kier molecular flexibility index (Phi) is 5.27. The van der Waals surface area contributed by atoms with Crippen molar-refractivity contribution in [2.45, 2.75) is 26.3 Å². The summed E-state index contributed by atoms with van der Waals surface area (Å²) in [6.07, 6.45) is 3.90. The maximum absolute atomic E-state index is 11.9. The lowest BCUT2D eigenvalue weighted by Gasteiger charge is -2.11. The summed E-state index contributed by atoms with van der Waals surface area (Å²) in [5, 5.41) is 5.98. The molecule has 0 bridgehead atoms. The van der Waals surface area contributed by atoms with Crippen LogP contribution in [0.4, 0.5) is 11.5 Å². The van der Waals surface area contributed by atoms with Gasteiger partial charge in [-0.05, 0) is 37.6 Å². The molecule has 0 fully saturated rings. The maximum Gasteiger partial charge on any atom is 0.271 e. The third-order valence-electron chi connectivity index (χ3n) is 2.99. The van der Waals surface area contributed by atoms with Gasteiger partial charge in [-0.15, -0.1) is 0 Å². The molecule has 6 heteroatoms. The average molecular weight is 349 g/mol. The first-order valence-electron chi connectivity index (χ1n) is 6.74. The first-order valence-corrected chi connectivity index (χ1v) is 7.53. The van der Waals surface area contributed by atoms with Gasteiger partial charge in [-0.1, -0.05) is 22.9 Å². The van der Waals surface area contributed by atoms with Gasteiger partial charge in [0, 0.05) is 16.2 Å². The second kappa shape index (κ2) is 7.17. The highest BCUT2D eigenvalue weighted by Crippen LogP contribution is 2.17. The van der Waals surface area contributed by atoms with Crippen LogP contribution >= 0.6 is 15.9 Å². The van der Waals surface area contributed by atoms with E-state index in [1.165, 1.54) is 6.20 Å². The minimum absolute atomic E-state index is 0.125. The van der Waals surface area contributed by atoms with E-state index >= 15 is 0 Å². The van der Waals surface area contributed by atoms with E-state index in [1.54, 1.807) is 6.20 Å². The molecule has 0 aliphatic rings. The Morgan fingerprint density at radius 2 is 1.95 bits per heavy atom. The van der Waals surface area contributed by atoms with Gasteiger partial charge >= 0.3 is 0 Å². The minimum atomic E-state index is -0.202. The van der Waals surface area contributed by atoms with Gasteiger partial charge in [0.1, 0.15) is 11.5 Å². The van der Waals surface area contributed by atoms with Crippen molar-refractivity contribution in [3.63, 3.8) is 0 Å². The van der Waals surface area contributed by atoms with Crippen molar-refractivity contribution in [3.8, 4) is 0 Å². The summed E-state index contributed by atoms with van der Waals surface area (Å²) in [5.41, 5.74) is 1.22. The second-order valence-corrected chi connectivity index (χ2v) is 5.62. The molecule has 1 amide bonds. The highest BCUT2D eigenvalue weighted by molar-refractivity contribution is 9.10. The number of amides is 1. The number of nitrogens with zero attached hydrogens (tertiary/aromatic N) is 2. The van der Waals surface area contributed by atoms with Gasteiger partial charge in [0.05, 0.1) is 12.4 Å². The average Bonchev–Trinajstić information content (AvgIpc) is 2.50. The fourth-order valence-electron chi connectivity index (χ4n) is 1.59. The Bertz CT molecular complexity index is 598. The summed E-state index contributed by atoms with van der Waals surface area (Å²) in [7, 11) is 0. The van der Waals surface area contributed by atoms with E-state index in [2.05, 4.69) is 36.5 Å². The van der Waals surface area contributed by atoms with Gasteiger partial charge in [-0.3, -0.25) is 4.79 Å². The molecule has 1 atom stereocenters. The second-order valence-electron chi connectivity index (χ2n) is 4.70. The molecule has 2 rings (SSSR count). The van der Waals surface area contributed by atoms with Gasteiger partial charge < -0.3 is 10.6 Å². The van der Waals surface area contributed by atoms with Crippen molar-refractivity contribution >= 4 is 33.3 Å². The monoisotopic (exact) mass is 348 g/mol. The van der Waals surface area contributed by atoms with Crippen LogP contribution in [-0.4, -0.2) is 21.9 Å². The summed E-state index contributed by atoms with van der Waals surface area (Å²) in [4.78, 5) is 20.2. The van der Waals surface area contributed by atoms with Crippen LogP contribution in [0.15, 0.2) is 41.1 Å². The lowest BCUT2D eigenvalue weighted by atomic mass is 10.2. The van der Waals surface area contributed by atoms with E-state index in [-0.39, 0.29) is 11.9 Å². The molecular formula is C15H17BrN4O. The molecule has 0 spiro atoms. The number of anilines is 2. The summed E-state index contributed by atoms with van der Waals surface area (Å²) in [6.45, 7) is 3.97. The van der Waals surface area contributed by atoms with Crippen LogP contribution in [0.3, 0.4) is 0 Å². The summed E-state index contributed by atoms with van der Waals surface area (Å²) in [6, 6.07) is 7.85. The molecule has 5 nitrogen and oxygen atoms in total. The Morgan fingerprint density at radius 3 is 2.52 bits per heavy atom. The number of halogens is 1. The molecule has 21 heavy (non-hydrogen) atoms. The maximum atomic E-state index is 11.9. The van der Waals surface area contributed by atoms with Gasteiger partial charge in [-0.2, -0.15) is 0 Å². The molecular weight excluding hydrogens is 332 g/mol. The van der Waals surface area contributed by atoms with Crippen LogP contribution in [0.2, 0.25) is 0 Å². The fraction of sp³-hybridized carbons (Fsp3) is 0.267. The van der Waals surface area contributed by atoms with Crippen molar-refractivity contribution in [1.29, 1.82) is 0 Å². The van der Waals surface area contributed by atoms with Crippen molar-refractivity contribution < 1.29 is 4.79 Å². The topological polar surface area (TPSA) is 66.9 Å². The Morgan fingerprint density at radius 1 is 1.24 bits per heavy atom. The lowest BCUT2D eigenvalue weighted by molar-refractivity contribution is 0.0934. The molecule has 0 saturated heterocycles. The zero-order valence-corrected chi connectivity index (χ0v) is 13.5. The summed E-state index contributed by atoms with van der Waals surface area (Å²) >= 11 is 3.38. The molecule has 0 saturated carbocycles. The molecule has 0 radical (unpaired) electrons. The molecule has 2 N–H and O–H groups in total. The zero-order chi connectivity index (χ0) is 15.2. The smallest absolute Gasteiger partial charge is 0.271 e. The number of aromatic nitrogens is 2. The Balaban J connectivity index is 2.01. The van der Waals surface area contributed by atoms with E-state index < -0.39 is 0 Å². The normalized spacial score (nSPS) is 11.8. The molecule has 0 aliphatic carbocycles. The van der Waals surface area contributed by atoms with E-state index in [0.29, 0.717) is 11.5 Å². The van der Waals surface area contributed by atoms with Crippen LogP contribution in [0, 0.1) is 0 Å². The van der Waals surface area contributed by atoms with Crippen LogP contribution < -0.4 is 10.6 Å². The number of benzene rings is 1. The van der Waals surface area contributed by atoms with Crippen LogP contribution in [0.1, 0.15) is 30.8 Å². The molecule has 1 aromatic carbocycles. The van der Waals surface area contributed by atoms with Crippen LogP contribution in [0.5, 0.6) is 0 Å². The van der Waals surface area contributed by atoms with Crippen LogP contribution in [0.25, 0.3) is 0 Å². The largest absolute Gasteiger partial charge is 0.348 e. The molecule has 2 aromatic rings. The van der Waals surface area contributed by atoms with Crippen molar-refractivity contribution in [1.82, 2.24) is 15.3 Å². The number of rotatable bonds is 5. The molecule has 0 aliphatic heterocycles. The standard InChI is InChI=1S/C15H17BrN4O/c1-3-10(2)19-15(21)13-8-18-14(9-17-13)20-12-6-4-11(16)5-7-12/h4-10H,3H2,1-2H3,(H,18,20)(H,19,21). The molecule has 1 heterocycles. The number of hydrogen-bond donors (Lipinski definition) is 2. The van der Waals surface area contributed by atoms with Gasteiger partial charge in [0.2, 0.25) is 0 Å². The third-order valence-corrected chi connectivity index (χ3v) is 3.52. The van der Waals surface area contributed by atoms with Crippen molar-refractivity contribution in [3.05, 3.63) is 46.8 Å². The van der Waals surface area contributed by atoms with Gasteiger partial charge in [-0.25, -0.2) is 9.97 Å². The first kappa shape index (κ1) is 15.4. The van der Waals surface area contributed by atoms with Crippen LogP contribution in [-0.2, 0) is 0 Å². The number of nitrogens with one attached hydrogen (secondary N) is 2. The SMILES string of the molecule is CCC(C)NC(=O)c1cnc(Nc2ccc(Br)cc2)cn1. The molecule has 1 aromatic heterocycles. The summed E-state index contributed by atoms with van der Waals surface area (Å²) in [5.74, 6) is 0.393. The fourth-order valence-corrected chi connectivity index (χ4v) is 1.86. The third kappa shape index (κ3) is 4.53. The van der Waals surface area contributed by atoms with E-state index in [1.807, 2.05) is 38.1 Å².